The molecular formula is C13H15IN2O2. The molecular weight excluding hydrogens is 343 g/mol. The molecule has 1 aromatic carbocycles. The first kappa shape index (κ1) is 13.3. The Morgan fingerprint density at radius 3 is 2.72 bits per heavy atom. The van der Waals surface area contributed by atoms with Crippen LogP contribution in [0.25, 0.3) is 0 Å². The number of benzene rings is 1. The molecule has 1 N–H and O–H groups in total. The first-order valence-electron chi connectivity index (χ1n) is 5.93. The fourth-order valence-electron chi connectivity index (χ4n) is 2.08. The summed E-state index contributed by atoms with van der Waals surface area (Å²) in [5, 5.41) is 2.75. The van der Waals surface area contributed by atoms with Crippen molar-refractivity contribution < 1.29 is 9.59 Å². The molecule has 2 amide bonds. The number of nitrogens with one attached hydrogen (secondary N) is 1. The lowest BCUT2D eigenvalue weighted by Crippen LogP contribution is -2.62. The Hall–Kier alpha value is -1.11. The average molecular weight is 358 g/mol. The van der Waals surface area contributed by atoms with Crippen LogP contribution < -0.4 is 10.2 Å². The van der Waals surface area contributed by atoms with Crippen molar-refractivity contribution in [3.8, 4) is 0 Å². The Balaban J connectivity index is 2.39. The van der Waals surface area contributed by atoms with E-state index in [1.54, 1.807) is 11.8 Å². The molecule has 2 unspecified atom stereocenters. The van der Waals surface area contributed by atoms with Gasteiger partial charge in [0.05, 0.1) is 0 Å². The zero-order valence-corrected chi connectivity index (χ0v) is 12.5. The van der Waals surface area contributed by atoms with Crippen LogP contribution in [0.1, 0.15) is 20.3 Å². The number of nitrogens with zero attached hydrogens (tertiary/aromatic N) is 1. The van der Waals surface area contributed by atoms with E-state index in [2.05, 4.69) is 27.9 Å². The van der Waals surface area contributed by atoms with E-state index in [-0.39, 0.29) is 11.8 Å². The van der Waals surface area contributed by atoms with E-state index in [9.17, 15) is 9.59 Å². The Morgan fingerprint density at radius 2 is 2.11 bits per heavy atom. The van der Waals surface area contributed by atoms with Crippen molar-refractivity contribution in [3.05, 3.63) is 27.8 Å². The summed E-state index contributed by atoms with van der Waals surface area (Å²) in [7, 11) is 0. The average Bonchev–Trinajstić information content (AvgIpc) is 2.34. The fourth-order valence-corrected chi connectivity index (χ4v) is 2.61. The molecule has 1 aromatic rings. The van der Waals surface area contributed by atoms with Gasteiger partial charge in [-0.25, -0.2) is 0 Å². The quantitative estimate of drug-likeness (QED) is 0.822. The lowest BCUT2D eigenvalue weighted by atomic mass is 10.1. The van der Waals surface area contributed by atoms with Gasteiger partial charge < -0.3 is 5.32 Å². The molecule has 1 saturated heterocycles. The number of hydrogen-bond acceptors (Lipinski definition) is 2. The second-order valence-electron chi connectivity index (χ2n) is 4.33. The highest BCUT2D eigenvalue weighted by molar-refractivity contribution is 14.1. The van der Waals surface area contributed by atoms with Crippen LogP contribution >= 0.6 is 22.6 Å². The van der Waals surface area contributed by atoms with Crippen molar-refractivity contribution in [1.82, 2.24) is 5.32 Å². The van der Waals surface area contributed by atoms with Crippen molar-refractivity contribution in [2.75, 3.05) is 4.90 Å². The minimum atomic E-state index is -0.460. The number of halogens is 1. The predicted molar refractivity (Wildman–Crippen MR) is 78.3 cm³/mol. The minimum absolute atomic E-state index is 0.0356. The molecule has 5 heteroatoms. The fraction of sp³-hybridized carbons (Fsp3) is 0.385. The monoisotopic (exact) mass is 358 g/mol. The van der Waals surface area contributed by atoms with E-state index >= 15 is 0 Å². The van der Waals surface area contributed by atoms with Gasteiger partial charge in [-0.05, 0) is 54.1 Å². The van der Waals surface area contributed by atoms with Crippen molar-refractivity contribution in [3.63, 3.8) is 0 Å². The molecule has 0 aromatic heterocycles. The van der Waals surface area contributed by atoms with Crippen LogP contribution in [-0.4, -0.2) is 23.9 Å². The van der Waals surface area contributed by atoms with Gasteiger partial charge in [-0.15, -0.1) is 0 Å². The maximum atomic E-state index is 12.3. The summed E-state index contributed by atoms with van der Waals surface area (Å²) in [6, 6.07) is 6.76. The van der Waals surface area contributed by atoms with E-state index < -0.39 is 12.1 Å². The number of carbonyl (C=O) groups excluding carboxylic acids is 2. The van der Waals surface area contributed by atoms with E-state index in [0.717, 1.165) is 9.26 Å². The first-order valence-corrected chi connectivity index (χ1v) is 7.01. The SMILES string of the molecule is CCC1NC(=O)C(C)N(c2cccc(I)c2)C1=O. The molecule has 0 bridgehead atoms. The smallest absolute Gasteiger partial charge is 0.250 e. The van der Waals surface area contributed by atoms with Crippen LogP contribution in [0.2, 0.25) is 0 Å². The highest BCUT2D eigenvalue weighted by Crippen LogP contribution is 2.23. The largest absolute Gasteiger partial charge is 0.343 e. The topological polar surface area (TPSA) is 49.4 Å². The summed E-state index contributed by atoms with van der Waals surface area (Å²) >= 11 is 2.20. The molecule has 96 valence electrons. The van der Waals surface area contributed by atoms with Gasteiger partial charge in [-0.1, -0.05) is 13.0 Å². The summed E-state index contributed by atoms with van der Waals surface area (Å²) in [4.78, 5) is 25.8. The van der Waals surface area contributed by atoms with Crippen LogP contribution in [0.5, 0.6) is 0 Å². The summed E-state index contributed by atoms with van der Waals surface area (Å²) in [5.74, 6) is -0.132. The molecule has 4 nitrogen and oxygen atoms in total. The summed E-state index contributed by atoms with van der Waals surface area (Å²) in [6.45, 7) is 3.64. The highest BCUT2D eigenvalue weighted by atomic mass is 127. The number of anilines is 1. The number of amides is 2. The van der Waals surface area contributed by atoms with E-state index in [4.69, 9.17) is 0 Å². The van der Waals surface area contributed by atoms with Crippen LogP contribution in [0.15, 0.2) is 24.3 Å². The van der Waals surface area contributed by atoms with Gasteiger partial charge in [0.1, 0.15) is 12.1 Å². The van der Waals surface area contributed by atoms with Gasteiger partial charge in [-0.3, -0.25) is 14.5 Å². The van der Waals surface area contributed by atoms with Crippen molar-refractivity contribution in [1.29, 1.82) is 0 Å². The van der Waals surface area contributed by atoms with Crippen LogP contribution in [-0.2, 0) is 9.59 Å². The minimum Gasteiger partial charge on any atom is -0.343 e. The first-order chi connectivity index (χ1) is 8.54. The lowest BCUT2D eigenvalue weighted by molar-refractivity contribution is -0.133. The molecule has 1 fully saturated rings. The summed E-state index contributed by atoms with van der Waals surface area (Å²) < 4.78 is 1.05. The second kappa shape index (κ2) is 5.26. The molecule has 1 heterocycles. The van der Waals surface area contributed by atoms with Gasteiger partial charge >= 0.3 is 0 Å². The number of hydrogen-bond donors (Lipinski definition) is 1. The number of piperazine rings is 1. The Morgan fingerprint density at radius 1 is 1.39 bits per heavy atom. The summed E-state index contributed by atoms with van der Waals surface area (Å²) in [6.07, 6.45) is 0.609. The van der Waals surface area contributed by atoms with Crippen molar-refractivity contribution in [2.24, 2.45) is 0 Å². The number of rotatable bonds is 2. The Labute approximate surface area is 120 Å². The molecule has 18 heavy (non-hydrogen) atoms. The second-order valence-corrected chi connectivity index (χ2v) is 5.58. The van der Waals surface area contributed by atoms with Gasteiger partial charge in [-0.2, -0.15) is 0 Å². The van der Waals surface area contributed by atoms with Gasteiger partial charge in [0.25, 0.3) is 0 Å². The molecule has 1 aliphatic heterocycles. The van der Waals surface area contributed by atoms with Crippen LogP contribution in [0, 0.1) is 3.57 Å². The zero-order valence-electron chi connectivity index (χ0n) is 10.3. The van der Waals surface area contributed by atoms with Crippen LogP contribution in [0.3, 0.4) is 0 Å². The molecule has 0 spiro atoms. The van der Waals surface area contributed by atoms with Gasteiger partial charge in [0.15, 0.2) is 0 Å². The normalized spacial score (nSPS) is 24.1. The Kier molecular flexibility index (Phi) is 3.89. The molecule has 0 radical (unpaired) electrons. The van der Waals surface area contributed by atoms with E-state index in [1.807, 2.05) is 31.2 Å². The van der Waals surface area contributed by atoms with Crippen LogP contribution in [0.4, 0.5) is 5.69 Å². The predicted octanol–water partition coefficient (Wildman–Crippen LogP) is 1.92. The van der Waals surface area contributed by atoms with Gasteiger partial charge in [0, 0.05) is 9.26 Å². The molecule has 0 aliphatic carbocycles. The lowest BCUT2D eigenvalue weighted by Gasteiger charge is -2.37. The maximum Gasteiger partial charge on any atom is 0.250 e. The van der Waals surface area contributed by atoms with Crippen molar-refractivity contribution in [2.45, 2.75) is 32.4 Å². The molecule has 0 saturated carbocycles. The van der Waals surface area contributed by atoms with Gasteiger partial charge in [0.2, 0.25) is 11.8 Å². The standard InChI is InChI=1S/C13H15IN2O2/c1-3-11-13(18)16(8(2)12(17)15-11)10-6-4-5-9(14)7-10/h4-8,11H,3H2,1-2H3,(H,15,17). The zero-order chi connectivity index (χ0) is 13.3. The third-order valence-corrected chi connectivity index (χ3v) is 3.78. The highest BCUT2D eigenvalue weighted by Gasteiger charge is 2.37. The van der Waals surface area contributed by atoms with E-state index in [0.29, 0.717) is 6.42 Å². The third-order valence-electron chi connectivity index (χ3n) is 3.11. The Bertz CT molecular complexity index is 490. The molecule has 2 atom stereocenters. The summed E-state index contributed by atoms with van der Waals surface area (Å²) in [5.41, 5.74) is 0.785. The number of carbonyl (C=O) groups is 2. The third kappa shape index (κ3) is 2.36. The molecule has 2 rings (SSSR count). The maximum absolute atomic E-state index is 12.3. The van der Waals surface area contributed by atoms with Crippen molar-refractivity contribution >= 4 is 40.1 Å². The van der Waals surface area contributed by atoms with E-state index in [1.165, 1.54) is 0 Å². The molecule has 1 aliphatic rings.